The maximum atomic E-state index is 11.8. The zero-order valence-corrected chi connectivity index (χ0v) is 12.4. The van der Waals surface area contributed by atoms with Crippen LogP contribution in [0.2, 0.25) is 0 Å². The van der Waals surface area contributed by atoms with Crippen molar-refractivity contribution in [3.05, 3.63) is 42.5 Å². The van der Waals surface area contributed by atoms with Crippen LogP contribution in [0.3, 0.4) is 0 Å². The molecule has 0 radical (unpaired) electrons. The quantitative estimate of drug-likeness (QED) is 0.702. The number of benzene rings is 1. The summed E-state index contributed by atoms with van der Waals surface area (Å²) in [4.78, 5) is 23.5. The number of hydrogen-bond donors (Lipinski definition) is 3. The Hall–Kier alpha value is -2.34. The minimum Gasteiger partial charge on any atom is -0.376 e. The summed E-state index contributed by atoms with van der Waals surface area (Å²) in [5.41, 5.74) is 1.16. The lowest BCUT2D eigenvalue weighted by atomic mass is 10.2. The number of carbonyl (C=O) groups excluding carboxylic acids is 2. The summed E-state index contributed by atoms with van der Waals surface area (Å²) in [5.74, 6) is -0.172. The molecule has 1 heterocycles. The van der Waals surface area contributed by atoms with E-state index in [-0.39, 0.29) is 18.0 Å². The smallest absolute Gasteiger partial charge is 0.319 e. The van der Waals surface area contributed by atoms with Crippen molar-refractivity contribution in [3.8, 4) is 0 Å². The second kappa shape index (κ2) is 8.19. The molecule has 1 fully saturated rings. The minimum atomic E-state index is -0.278. The molecule has 6 heteroatoms. The first-order valence-electron chi connectivity index (χ1n) is 7.34. The van der Waals surface area contributed by atoms with Crippen LogP contribution in [0, 0.1) is 0 Å². The average Bonchev–Trinajstić information content (AvgIpc) is 3.05. The lowest BCUT2D eigenvalue weighted by Gasteiger charge is -2.12. The van der Waals surface area contributed by atoms with Crippen LogP contribution in [-0.2, 0) is 4.74 Å². The third-order valence-electron chi connectivity index (χ3n) is 3.33. The van der Waals surface area contributed by atoms with E-state index >= 15 is 0 Å². The lowest BCUT2D eigenvalue weighted by molar-refractivity contribution is 0.0958. The predicted molar refractivity (Wildman–Crippen MR) is 85.0 cm³/mol. The lowest BCUT2D eigenvalue weighted by Crippen LogP contribution is -2.35. The fraction of sp³-hybridized carbons (Fsp3) is 0.375. The van der Waals surface area contributed by atoms with Gasteiger partial charge in [-0.1, -0.05) is 6.08 Å². The van der Waals surface area contributed by atoms with Gasteiger partial charge < -0.3 is 20.7 Å². The molecular weight excluding hydrogens is 282 g/mol. The third-order valence-corrected chi connectivity index (χ3v) is 3.33. The van der Waals surface area contributed by atoms with Gasteiger partial charge in [0.1, 0.15) is 0 Å². The number of amides is 3. The SMILES string of the molecule is C=CCNC(=O)c1ccc(NC(=O)NC[C@H]2CCCO2)cc1. The molecule has 0 bridgehead atoms. The van der Waals surface area contributed by atoms with Gasteiger partial charge in [0.2, 0.25) is 0 Å². The van der Waals surface area contributed by atoms with Gasteiger partial charge in [-0.05, 0) is 37.1 Å². The molecule has 0 spiro atoms. The predicted octanol–water partition coefficient (Wildman–Crippen LogP) is 1.90. The van der Waals surface area contributed by atoms with Crippen LogP contribution in [0.4, 0.5) is 10.5 Å². The molecule has 1 saturated heterocycles. The van der Waals surface area contributed by atoms with E-state index in [0.717, 1.165) is 19.4 Å². The van der Waals surface area contributed by atoms with Crippen LogP contribution < -0.4 is 16.0 Å². The first-order valence-corrected chi connectivity index (χ1v) is 7.34. The van der Waals surface area contributed by atoms with Gasteiger partial charge in [0.05, 0.1) is 6.10 Å². The van der Waals surface area contributed by atoms with Gasteiger partial charge in [0, 0.05) is 30.9 Å². The number of rotatable bonds is 6. The molecule has 0 aromatic heterocycles. The molecule has 22 heavy (non-hydrogen) atoms. The highest BCUT2D eigenvalue weighted by Gasteiger charge is 2.16. The zero-order valence-electron chi connectivity index (χ0n) is 12.4. The van der Waals surface area contributed by atoms with E-state index in [1.807, 2.05) is 0 Å². The molecule has 1 aromatic carbocycles. The van der Waals surface area contributed by atoms with Crippen molar-refractivity contribution in [2.45, 2.75) is 18.9 Å². The molecule has 0 aliphatic carbocycles. The molecule has 2 rings (SSSR count). The molecule has 1 aliphatic heterocycles. The minimum absolute atomic E-state index is 0.113. The highest BCUT2D eigenvalue weighted by atomic mass is 16.5. The van der Waals surface area contributed by atoms with Crippen molar-refractivity contribution in [1.82, 2.24) is 10.6 Å². The van der Waals surface area contributed by atoms with Crippen LogP contribution in [0.5, 0.6) is 0 Å². The highest BCUT2D eigenvalue weighted by Crippen LogP contribution is 2.11. The van der Waals surface area contributed by atoms with Gasteiger partial charge in [0.25, 0.3) is 5.91 Å². The van der Waals surface area contributed by atoms with Gasteiger partial charge in [-0.25, -0.2) is 4.79 Å². The van der Waals surface area contributed by atoms with Gasteiger partial charge in [-0.3, -0.25) is 4.79 Å². The number of urea groups is 1. The van der Waals surface area contributed by atoms with E-state index < -0.39 is 0 Å². The summed E-state index contributed by atoms with van der Waals surface area (Å²) in [6.07, 6.45) is 3.76. The van der Waals surface area contributed by atoms with Crippen molar-refractivity contribution in [1.29, 1.82) is 0 Å². The number of hydrogen-bond acceptors (Lipinski definition) is 3. The van der Waals surface area contributed by atoms with Crippen LogP contribution in [-0.4, -0.2) is 37.7 Å². The summed E-state index contributed by atoms with van der Waals surface area (Å²) in [7, 11) is 0. The standard InChI is InChI=1S/C16H21N3O3/c1-2-9-17-15(20)12-5-7-13(8-6-12)19-16(21)18-11-14-4-3-10-22-14/h2,5-8,14H,1,3-4,9-11H2,(H,17,20)(H2,18,19,21)/t14-/m1/s1. The third kappa shape index (κ3) is 4.89. The average molecular weight is 303 g/mol. The van der Waals surface area contributed by atoms with Crippen LogP contribution in [0.15, 0.2) is 36.9 Å². The second-order valence-electron chi connectivity index (χ2n) is 5.05. The van der Waals surface area contributed by atoms with Crippen molar-refractivity contribution >= 4 is 17.6 Å². The molecule has 1 aliphatic rings. The van der Waals surface area contributed by atoms with Gasteiger partial charge >= 0.3 is 6.03 Å². The summed E-state index contributed by atoms with van der Waals surface area (Å²) in [6, 6.07) is 6.42. The van der Waals surface area contributed by atoms with Crippen molar-refractivity contribution in [2.24, 2.45) is 0 Å². The molecule has 1 atom stereocenters. The monoisotopic (exact) mass is 303 g/mol. The molecule has 118 valence electrons. The first-order chi connectivity index (χ1) is 10.7. The molecule has 0 saturated carbocycles. The van der Waals surface area contributed by atoms with E-state index in [0.29, 0.717) is 24.3 Å². The Kier molecular flexibility index (Phi) is 5.97. The Bertz CT molecular complexity index is 522. The van der Waals surface area contributed by atoms with E-state index in [2.05, 4.69) is 22.5 Å². The fourth-order valence-corrected chi connectivity index (χ4v) is 2.16. The van der Waals surface area contributed by atoms with Crippen molar-refractivity contribution < 1.29 is 14.3 Å². The molecule has 0 unspecified atom stereocenters. The van der Waals surface area contributed by atoms with Gasteiger partial charge in [-0.2, -0.15) is 0 Å². The van der Waals surface area contributed by atoms with Crippen molar-refractivity contribution in [3.63, 3.8) is 0 Å². The normalized spacial score (nSPS) is 16.8. The number of nitrogens with one attached hydrogen (secondary N) is 3. The summed E-state index contributed by atoms with van der Waals surface area (Å²) in [6.45, 7) is 5.24. The largest absolute Gasteiger partial charge is 0.376 e. The molecule has 3 amide bonds. The Morgan fingerprint density at radius 2 is 2.05 bits per heavy atom. The Balaban J connectivity index is 1.78. The molecular formula is C16H21N3O3. The van der Waals surface area contributed by atoms with Crippen molar-refractivity contribution in [2.75, 3.05) is 25.0 Å². The maximum Gasteiger partial charge on any atom is 0.319 e. The Morgan fingerprint density at radius 3 is 2.68 bits per heavy atom. The zero-order chi connectivity index (χ0) is 15.8. The van der Waals surface area contributed by atoms with Gasteiger partial charge in [-0.15, -0.1) is 6.58 Å². The van der Waals surface area contributed by atoms with Crippen LogP contribution in [0.1, 0.15) is 23.2 Å². The van der Waals surface area contributed by atoms with Crippen LogP contribution in [0.25, 0.3) is 0 Å². The Morgan fingerprint density at radius 1 is 1.27 bits per heavy atom. The summed E-state index contributed by atoms with van der Waals surface area (Å²) in [5, 5.41) is 8.18. The molecule has 3 N–H and O–H groups in total. The number of ether oxygens (including phenoxy) is 1. The topological polar surface area (TPSA) is 79.5 Å². The number of carbonyl (C=O) groups is 2. The van der Waals surface area contributed by atoms with Crippen LogP contribution >= 0.6 is 0 Å². The van der Waals surface area contributed by atoms with E-state index in [4.69, 9.17) is 4.74 Å². The Labute approximate surface area is 129 Å². The molecule has 1 aromatic rings. The highest BCUT2D eigenvalue weighted by molar-refractivity contribution is 5.95. The summed E-state index contributed by atoms with van der Waals surface area (Å²) < 4.78 is 5.43. The number of anilines is 1. The first kappa shape index (κ1) is 16.0. The second-order valence-corrected chi connectivity index (χ2v) is 5.05. The van der Waals surface area contributed by atoms with E-state index in [9.17, 15) is 9.59 Å². The molecule has 6 nitrogen and oxygen atoms in total. The van der Waals surface area contributed by atoms with Gasteiger partial charge in [0.15, 0.2) is 0 Å². The van der Waals surface area contributed by atoms with E-state index in [1.165, 1.54) is 0 Å². The maximum absolute atomic E-state index is 11.8. The summed E-state index contributed by atoms with van der Waals surface area (Å²) >= 11 is 0. The fourth-order valence-electron chi connectivity index (χ4n) is 2.16. The van der Waals surface area contributed by atoms with E-state index in [1.54, 1.807) is 30.3 Å².